The van der Waals surface area contributed by atoms with Crippen LogP contribution in [0.1, 0.15) is 5.56 Å². The molecule has 0 atom stereocenters. The van der Waals surface area contributed by atoms with Gasteiger partial charge in [-0.25, -0.2) is 0 Å². The van der Waals surface area contributed by atoms with E-state index in [1.165, 1.54) is 5.56 Å². The molecule has 50 valence electrons. The fourth-order valence-electron chi connectivity index (χ4n) is 1.16. The smallest absolute Gasteiger partial charge is 0.309 e. The van der Waals surface area contributed by atoms with Crippen LogP contribution in [0.2, 0.25) is 0 Å². The number of fused-ring (bicyclic) bond motifs is 1. The van der Waals surface area contributed by atoms with Gasteiger partial charge >= 0.3 is 7.48 Å². The van der Waals surface area contributed by atoms with Gasteiger partial charge in [-0.15, -0.1) is 0 Å². The van der Waals surface area contributed by atoms with Gasteiger partial charge in [-0.05, 0) is 23.2 Å². The normalized spacial score (nSPS) is 14.4. The first-order valence-corrected chi connectivity index (χ1v) is 3.25. The van der Waals surface area contributed by atoms with Gasteiger partial charge < -0.3 is 9.76 Å². The van der Waals surface area contributed by atoms with Gasteiger partial charge in [-0.2, -0.15) is 0 Å². The van der Waals surface area contributed by atoms with Gasteiger partial charge in [-0.3, -0.25) is 0 Å². The van der Waals surface area contributed by atoms with E-state index in [-0.39, 0.29) is 0 Å². The van der Waals surface area contributed by atoms with E-state index in [0.717, 1.165) is 5.46 Å². The molecular formula is C7H7BO2. The number of hydrogen-bond acceptors (Lipinski definition) is 2. The molecule has 1 N–H and O–H groups in total. The van der Waals surface area contributed by atoms with Crippen LogP contribution in [-0.4, -0.2) is 12.6 Å². The number of rotatable bonds is 0. The molecule has 1 aromatic rings. The first kappa shape index (κ1) is 5.80. The van der Waals surface area contributed by atoms with Gasteiger partial charge in [-0.1, -0.05) is 6.07 Å². The average molecular weight is 134 g/mol. The van der Waals surface area contributed by atoms with Crippen LogP contribution < -0.4 is 5.46 Å². The maximum atomic E-state index is 9.04. The van der Waals surface area contributed by atoms with Gasteiger partial charge in [0.1, 0.15) is 5.75 Å². The highest BCUT2D eigenvalue weighted by Crippen LogP contribution is 2.11. The van der Waals surface area contributed by atoms with Crippen molar-refractivity contribution in [2.75, 3.05) is 0 Å². The maximum absolute atomic E-state index is 9.04. The van der Waals surface area contributed by atoms with Crippen LogP contribution in [0.15, 0.2) is 18.2 Å². The van der Waals surface area contributed by atoms with Crippen LogP contribution in [0.5, 0.6) is 5.75 Å². The molecule has 2 rings (SSSR count). The second-order valence-corrected chi connectivity index (χ2v) is 2.45. The Labute approximate surface area is 59.7 Å². The maximum Gasteiger partial charge on any atom is 0.309 e. The van der Waals surface area contributed by atoms with Crippen molar-refractivity contribution < 1.29 is 9.76 Å². The molecule has 0 unspecified atom stereocenters. The van der Waals surface area contributed by atoms with E-state index in [1.54, 1.807) is 12.1 Å². The first-order chi connectivity index (χ1) is 4.86. The van der Waals surface area contributed by atoms with Crippen LogP contribution in [-0.2, 0) is 11.3 Å². The topological polar surface area (TPSA) is 29.5 Å². The fourth-order valence-corrected chi connectivity index (χ4v) is 1.16. The summed E-state index contributed by atoms with van der Waals surface area (Å²) < 4.78 is 5.16. The number of phenolic OH excluding ortho intramolecular Hbond substituents is 1. The Bertz CT molecular complexity index is 260. The van der Waals surface area contributed by atoms with Crippen molar-refractivity contribution in [2.45, 2.75) is 6.61 Å². The van der Waals surface area contributed by atoms with Crippen molar-refractivity contribution in [3.63, 3.8) is 0 Å². The molecule has 0 saturated heterocycles. The highest BCUT2D eigenvalue weighted by atomic mass is 16.4. The molecule has 0 saturated carbocycles. The summed E-state index contributed by atoms with van der Waals surface area (Å²) in [5.41, 5.74) is 2.30. The summed E-state index contributed by atoms with van der Waals surface area (Å²) in [6, 6.07) is 5.34. The predicted molar refractivity (Wildman–Crippen MR) is 39.7 cm³/mol. The van der Waals surface area contributed by atoms with Crippen molar-refractivity contribution in [3.05, 3.63) is 23.8 Å². The minimum absolute atomic E-state index is 0.323. The molecule has 0 radical (unpaired) electrons. The lowest BCUT2D eigenvalue weighted by atomic mass is 9.87. The second-order valence-electron chi connectivity index (χ2n) is 2.45. The quantitative estimate of drug-likeness (QED) is 0.502. The minimum atomic E-state index is 0.323. The van der Waals surface area contributed by atoms with Gasteiger partial charge in [0.15, 0.2) is 0 Å². The Balaban J connectivity index is 2.52. The summed E-state index contributed by atoms with van der Waals surface area (Å²) >= 11 is 0. The zero-order valence-corrected chi connectivity index (χ0v) is 5.50. The molecule has 0 bridgehead atoms. The van der Waals surface area contributed by atoms with Gasteiger partial charge in [0.05, 0.1) is 6.61 Å². The summed E-state index contributed by atoms with van der Waals surface area (Å²) in [6.45, 7) is 0.690. The van der Waals surface area contributed by atoms with Gasteiger partial charge in [0.25, 0.3) is 0 Å². The first-order valence-electron chi connectivity index (χ1n) is 3.25. The molecule has 2 nitrogen and oxygen atoms in total. The Morgan fingerprint density at radius 1 is 1.50 bits per heavy atom. The summed E-state index contributed by atoms with van der Waals surface area (Å²) in [5.74, 6) is 0.323. The molecule has 0 aliphatic carbocycles. The molecular weight excluding hydrogens is 127 g/mol. The van der Waals surface area contributed by atoms with Crippen molar-refractivity contribution >= 4 is 12.9 Å². The van der Waals surface area contributed by atoms with Crippen molar-refractivity contribution in [1.29, 1.82) is 0 Å². The molecule has 0 fully saturated rings. The van der Waals surface area contributed by atoms with E-state index in [0.29, 0.717) is 19.8 Å². The lowest BCUT2D eigenvalue weighted by molar-refractivity contribution is 0.345. The third-order valence-electron chi connectivity index (χ3n) is 1.70. The molecule has 3 heteroatoms. The van der Waals surface area contributed by atoms with Crippen LogP contribution >= 0.6 is 0 Å². The SMILES string of the molecule is Oc1ccc2c(c1)BOC2. The highest BCUT2D eigenvalue weighted by molar-refractivity contribution is 6.48. The summed E-state index contributed by atoms with van der Waals surface area (Å²) in [4.78, 5) is 0. The van der Waals surface area contributed by atoms with Crippen molar-refractivity contribution in [2.24, 2.45) is 0 Å². The Hall–Kier alpha value is -0.955. The largest absolute Gasteiger partial charge is 0.508 e. The van der Waals surface area contributed by atoms with E-state index in [2.05, 4.69) is 0 Å². The molecule has 10 heavy (non-hydrogen) atoms. The summed E-state index contributed by atoms with van der Waals surface area (Å²) in [7, 11) is 0.643. The fraction of sp³-hybridized carbons (Fsp3) is 0.143. The molecule has 0 aromatic heterocycles. The molecule has 1 aliphatic rings. The van der Waals surface area contributed by atoms with E-state index >= 15 is 0 Å². The Kier molecular flexibility index (Phi) is 1.17. The van der Waals surface area contributed by atoms with Crippen LogP contribution in [0.25, 0.3) is 0 Å². The Morgan fingerprint density at radius 2 is 2.40 bits per heavy atom. The van der Waals surface area contributed by atoms with E-state index in [1.807, 2.05) is 6.07 Å². The van der Waals surface area contributed by atoms with E-state index in [9.17, 15) is 0 Å². The Morgan fingerprint density at radius 3 is 3.30 bits per heavy atom. The zero-order chi connectivity index (χ0) is 6.97. The standard InChI is InChI=1S/C7H7BO2/c9-6-2-1-5-4-10-8-7(5)3-6/h1-3,8-9H,4H2. The lowest BCUT2D eigenvalue weighted by Gasteiger charge is -1.95. The number of aromatic hydroxyl groups is 1. The number of phenols is 1. The summed E-state index contributed by atoms with van der Waals surface area (Å²) in [5, 5.41) is 9.04. The average Bonchev–Trinajstić information content (AvgIpc) is 2.33. The second kappa shape index (κ2) is 2.02. The van der Waals surface area contributed by atoms with Crippen LogP contribution in [0, 0.1) is 0 Å². The molecule has 1 heterocycles. The molecule has 1 aliphatic heterocycles. The summed E-state index contributed by atoms with van der Waals surface area (Å²) in [6.07, 6.45) is 0. The lowest BCUT2D eigenvalue weighted by Crippen LogP contribution is -2.10. The molecule has 0 spiro atoms. The predicted octanol–water partition coefficient (Wildman–Crippen LogP) is -0.101. The van der Waals surface area contributed by atoms with Gasteiger partial charge in [0.2, 0.25) is 0 Å². The zero-order valence-electron chi connectivity index (χ0n) is 5.50. The molecule has 0 amide bonds. The van der Waals surface area contributed by atoms with E-state index < -0.39 is 0 Å². The van der Waals surface area contributed by atoms with Gasteiger partial charge in [0, 0.05) is 0 Å². The third-order valence-corrected chi connectivity index (χ3v) is 1.70. The van der Waals surface area contributed by atoms with Crippen molar-refractivity contribution in [3.8, 4) is 5.75 Å². The third kappa shape index (κ3) is 0.791. The van der Waals surface area contributed by atoms with Crippen LogP contribution in [0.4, 0.5) is 0 Å². The molecule has 1 aromatic carbocycles. The number of benzene rings is 1. The minimum Gasteiger partial charge on any atom is -0.508 e. The number of hydrogen-bond donors (Lipinski definition) is 1. The van der Waals surface area contributed by atoms with E-state index in [4.69, 9.17) is 9.76 Å². The monoisotopic (exact) mass is 134 g/mol. The van der Waals surface area contributed by atoms with Crippen molar-refractivity contribution in [1.82, 2.24) is 0 Å². The highest BCUT2D eigenvalue weighted by Gasteiger charge is 2.12. The van der Waals surface area contributed by atoms with Crippen LogP contribution in [0.3, 0.4) is 0 Å².